The molecule has 1 N–H and O–H groups in total. The molecule has 164 valence electrons. The molecule has 1 saturated heterocycles. The van der Waals surface area contributed by atoms with Crippen molar-refractivity contribution >= 4 is 39.8 Å². The van der Waals surface area contributed by atoms with Crippen LogP contribution in [0.2, 0.25) is 5.02 Å². The van der Waals surface area contributed by atoms with Gasteiger partial charge in [0.1, 0.15) is 17.6 Å². The lowest BCUT2D eigenvalue weighted by atomic mass is 9.94. The zero-order valence-corrected chi connectivity index (χ0v) is 18.5. The number of ether oxygens (including phenoxy) is 1. The van der Waals surface area contributed by atoms with E-state index in [1.54, 1.807) is 18.2 Å². The molecule has 0 radical (unpaired) electrons. The van der Waals surface area contributed by atoms with Crippen LogP contribution in [0.15, 0.2) is 36.5 Å². The summed E-state index contributed by atoms with van der Waals surface area (Å²) in [6, 6.07) is 10.0. The predicted molar refractivity (Wildman–Crippen MR) is 123 cm³/mol. The number of methoxy groups -OCH3 is 1. The van der Waals surface area contributed by atoms with Crippen LogP contribution in [-0.2, 0) is 4.79 Å². The number of fused-ring (bicyclic) bond motifs is 1. The minimum atomic E-state index is -0.378. The number of aryl methyl sites for hydroxylation is 1. The molecule has 2 heterocycles. The van der Waals surface area contributed by atoms with Crippen molar-refractivity contribution in [2.24, 2.45) is 5.92 Å². The number of nitrogens with one attached hydrogen (secondary N) is 1. The molecular weight excluding hydrogens is 431 g/mol. The Kier molecular flexibility index (Phi) is 6.15. The van der Waals surface area contributed by atoms with Crippen LogP contribution in [-0.4, -0.2) is 31.1 Å². The van der Waals surface area contributed by atoms with Crippen molar-refractivity contribution in [2.45, 2.75) is 19.8 Å². The van der Waals surface area contributed by atoms with Gasteiger partial charge in [-0.25, -0.2) is 4.39 Å². The summed E-state index contributed by atoms with van der Waals surface area (Å²) in [5, 5.41) is 13.7. The highest BCUT2D eigenvalue weighted by Crippen LogP contribution is 2.35. The Hall–Kier alpha value is -3.37. The number of carbonyl (C=O) groups excluding carboxylic acids is 1. The molecule has 0 bridgehead atoms. The lowest BCUT2D eigenvalue weighted by Gasteiger charge is -2.34. The third-order valence-corrected chi connectivity index (χ3v) is 6.25. The van der Waals surface area contributed by atoms with Crippen LogP contribution in [0.25, 0.3) is 10.9 Å². The summed E-state index contributed by atoms with van der Waals surface area (Å²) >= 11 is 6.15. The summed E-state index contributed by atoms with van der Waals surface area (Å²) in [6.07, 6.45) is 2.72. The Bertz CT molecular complexity index is 1230. The number of nitrogens with zero attached hydrogens (tertiary/aromatic N) is 3. The number of carbonyl (C=O) groups is 1. The fourth-order valence-electron chi connectivity index (χ4n) is 4.10. The molecule has 1 amide bonds. The maximum Gasteiger partial charge on any atom is 0.227 e. The number of hydrogen-bond donors (Lipinski definition) is 1. The van der Waals surface area contributed by atoms with Gasteiger partial charge in [0.25, 0.3) is 0 Å². The highest BCUT2D eigenvalue weighted by atomic mass is 35.5. The predicted octanol–water partition coefficient (Wildman–Crippen LogP) is 5.07. The molecule has 4 rings (SSSR count). The summed E-state index contributed by atoms with van der Waals surface area (Å²) in [5.74, 6) is -0.148. The van der Waals surface area contributed by atoms with Crippen LogP contribution in [0.4, 0.5) is 15.8 Å². The van der Waals surface area contributed by atoms with Crippen molar-refractivity contribution in [2.75, 3.05) is 30.4 Å². The Morgan fingerprint density at radius 3 is 2.75 bits per heavy atom. The van der Waals surface area contributed by atoms with Crippen LogP contribution in [0, 0.1) is 30.0 Å². The van der Waals surface area contributed by atoms with Gasteiger partial charge in [-0.1, -0.05) is 11.6 Å². The number of hydrogen-bond acceptors (Lipinski definition) is 5. The van der Waals surface area contributed by atoms with E-state index in [-0.39, 0.29) is 17.6 Å². The second-order valence-corrected chi connectivity index (χ2v) is 8.25. The van der Waals surface area contributed by atoms with Gasteiger partial charge in [-0.05, 0) is 49.6 Å². The van der Waals surface area contributed by atoms with E-state index in [2.05, 4.69) is 16.4 Å². The van der Waals surface area contributed by atoms with E-state index in [0.717, 1.165) is 5.56 Å². The van der Waals surface area contributed by atoms with E-state index >= 15 is 0 Å². The third kappa shape index (κ3) is 4.19. The zero-order valence-electron chi connectivity index (χ0n) is 17.8. The normalized spacial score (nSPS) is 14.3. The fourth-order valence-corrected chi connectivity index (χ4v) is 4.26. The SMILES string of the molecule is COc1cc(Cl)c(C)cc1NC(=O)C1CCN(c2c(C#N)cnc3ccc(F)cc23)CC1. The quantitative estimate of drug-likeness (QED) is 0.597. The first-order valence-corrected chi connectivity index (χ1v) is 10.7. The lowest BCUT2D eigenvalue weighted by molar-refractivity contribution is -0.120. The summed E-state index contributed by atoms with van der Waals surface area (Å²) in [7, 11) is 1.53. The first-order chi connectivity index (χ1) is 15.4. The van der Waals surface area contributed by atoms with Gasteiger partial charge >= 0.3 is 0 Å². The van der Waals surface area contributed by atoms with Crippen molar-refractivity contribution in [3.05, 3.63) is 58.5 Å². The summed E-state index contributed by atoms with van der Waals surface area (Å²) in [6.45, 7) is 3.00. The van der Waals surface area contributed by atoms with Crippen molar-refractivity contribution in [3.63, 3.8) is 0 Å². The Balaban J connectivity index is 1.52. The van der Waals surface area contributed by atoms with E-state index in [4.69, 9.17) is 16.3 Å². The molecule has 8 heteroatoms. The van der Waals surface area contributed by atoms with E-state index < -0.39 is 0 Å². The van der Waals surface area contributed by atoms with E-state index in [1.807, 2.05) is 11.8 Å². The first-order valence-electron chi connectivity index (χ1n) is 10.3. The number of rotatable bonds is 4. The van der Waals surface area contributed by atoms with Crippen LogP contribution >= 0.6 is 11.6 Å². The number of anilines is 2. The maximum absolute atomic E-state index is 13.9. The van der Waals surface area contributed by atoms with Gasteiger partial charge < -0.3 is 15.0 Å². The Labute approximate surface area is 190 Å². The van der Waals surface area contributed by atoms with Crippen molar-refractivity contribution in [3.8, 4) is 11.8 Å². The molecule has 0 spiro atoms. The van der Waals surface area contributed by atoms with Gasteiger partial charge in [0.2, 0.25) is 5.91 Å². The molecule has 0 aliphatic carbocycles. The molecular formula is C24H22ClFN4O2. The first kappa shape index (κ1) is 21.8. The average Bonchev–Trinajstić information content (AvgIpc) is 2.80. The number of halogens is 2. The summed E-state index contributed by atoms with van der Waals surface area (Å²) in [5.41, 5.74) is 3.13. The monoisotopic (exact) mass is 452 g/mol. The highest BCUT2D eigenvalue weighted by molar-refractivity contribution is 6.31. The minimum absolute atomic E-state index is 0.0872. The zero-order chi connectivity index (χ0) is 22.8. The largest absolute Gasteiger partial charge is 0.495 e. The van der Waals surface area contributed by atoms with Crippen LogP contribution in [0.5, 0.6) is 5.75 Å². The van der Waals surface area contributed by atoms with Crippen LogP contribution in [0.1, 0.15) is 24.0 Å². The Morgan fingerprint density at radius 1 is 1.31 bits per heavy atom. The minimum Gasteiger partial charge on any atom is -0.495 e. The van der Waals surface area contributed by atoms with E-state index in [0.29, 0.717) is 64.5 Å². The molecule has 3 aromatic rings. The molecule has 1 aromatic heterocycles. The second-order valence-electron chi connectivity index (χ2n) is 7.85. The van der Waals surface area contributed by atoms with Gasteiger partial charge in [-0.2, -0.15) is 5.26 Å². The molecule has 1 aliphatic rings. The second kappa shape index (κ2) is 9.01. The number of benzene rings is 2. The van der Waals surface area contributed by atoms with Gasteiger partial charge in [0.15, 0.2) is 0 Å². The van der Waals surface area contributed by atoms with E-state index in [9.17, 15) is 14.4 Å². The molecule has 0 saturated carbocycles. The molecule has 2 aromatic carbocycles. The summed E-state index contributed by atoms with van der Waals surface area (Å²) in [4.78, 5) is 19.2. The number of aromatic nitrogens is 1. The number of amides is 1. The average molecular weight is 453 g/mol. The number of pyridine rings is 1. The van der Waals surface area contributed by atoms with Crippen LogP contribution in [0.3, 0.4) is 0 Å². The van der Waals surface area contributed by atoms with Gasteiger partial charge in [-0.15, -0.1) is 0 Å². The van der Waals surface area contributed by atoms with Gasteiger partial charge in [0, 0.05) is 41.7 Å². The van der Waals surface area contributed by atoms with Gasteiger partial charge in [0.05, 0.1) is 29.6 Å². The number of piperidine rings is 1. The molecule has 1 aliphatic heterocycles. The molecule has 6 nitrogen and oxygen atoms in total. The molecule has 32 heavy (non-hydrogen) atoms. The van der Waals surface area contributed by atoms with Crippen LogP contribution < -0.4 is 15.0 Å². The molecule has 1 fully saturated rings. The third-order valence-electron chi connectivity index (χ3n) is 5.84. The number of nitriles is 1. The van der Waals surface area contributed by atoms with Crippen molar-refractivity contribution < 1.29 is 13.9 Å². The van der Waals surface area contributed by atoms with Gasteiger partial charge in [-0.3, -0.25) is 9.78 Å². The highest BCUT2D eigenvalue weighted by Gasteiger charge is 2.28. The fraction of sp³-hybridized carbons (Fsp3) is 0.292. The summed E-state index contributed by atoms with van der Waals surface area (Å²) < 4.78 is 19.3. The van der Waals surface area contributed by atoms with E-state index in [1.165, 1.54) is 25.4 Å². The molecule has 0 unspecified atom stereocenters. The standard InChI is InChI=1S/C24H22ClFN4O2/c1-14-9-21(22(32-2)11-19(14)25)29-24(31)15-5-7-30(8-6-15)23-16(12-27)13-28-20-4-3-17(26)10-18(20)23/h3-4,9-11,13,15H,5-8H2,1-2H3,(H,29,31). The van der Waals surface area contributed by atoms with Crippen molar-refractivity contribution in [1.82, 2.24) is 4.98 Å². The topological polar surface area (TPSA) is 78.2 Å². The Morgan fingerprint density at radius 2 is 2.06 bits per heavy atom. The molecule has 0 atom stereocenters. The lowest BCUT2D eigenvalue weighted by Crippen LogP contribution is -2.38. The maximum atomic E-state index is 13.9. The van der Waals surface area contributed by atoms with Crippen molar-refractivity contribution in [1.29, 1.82) is 5.26 Å². The smallest absolute Gasteiger partial charge is 0.227 e.